The zero-order valence-corrected chi connectivity index (χ0v) is 4.05. The third-order valence-electron chi connectivity index (χ3n) is 0.412. The van der Waals surface area contributed by atoms with E-state index in [-0.39, 0.29) is 5.15 Å². The van der Waals surface area contributed by atoms with E-state index in [1.807, 2.05) is 0 Å². The first-order chi connectivity index (χ1) is 3.39. The maximum atomic E-state index is 5.25. The van der Waals surface area contributed by atoms with Gasteiger partial charge in [-0.2, -0.15) is 0 Å². The van der Waals surface area contributed by atoms with Gasteiger partial charge in [-0.1, -0.05) is 11.6 Å². The minimum atomic E-state index is 0.197. The van der Waals surface area contributed by atoms with Crippen molar-refractivity contribution in [1.82, 2.24) is 15.2 Å². The largest absolute Gasteiger partial charge is 0.229 e. The lowest BCUT2D eigenvalue weighted by Gasteiger charge is -1.76. The molecule has 0 saturated carbocycles. The second-order valence-electron chi connectivity index (χ2n) is 0.863. The number of rotatable bonds is 0. The summed E-state index contributed by atoms with van der Waals surface area (Å²) in [4.78, 5) is 3.45. The van der Waals surface area contributed by atoms with E-state index in [1.54, 1.807) is 0 Å². The van der Waals surface area contributed by atoms with E-state index in [0.717, 1.165) is 0 Å². The molecular formula is C3HClN3. The van der Waals surface area contributed by atoms with Crippen LogP contribution in [0.3, 0.4) is 0 Å². The van der Waals surface area contributed by atoms with Crippen LogP contribution in [0, 0.1) is 6.20 Å². The molecule has 0 N–H and O–H groups in total. The van der Waals surface area contributed by atoms with Gasteiger partial charge in [0.2, 0.25) is 0 Å². The Labute approximate surface area is 45.4 Å². The van der Waals surface area contributed by atoms with Crippen molar-refractivity contribution in [3.63, 3.8) is 0 Å². The molecule has 0 aromatic carbocycles. The van der Waals surface area contributed by atoms with Crippen LogP contribution in [0.2, 0.25) is 5.15 Å². The van der Waals surface area contributed by atoms with Crippen molar-refractivity contribution in [3.05, 3.63) is 17.7 Å². The predicted molar refractivity (Wildman–Crippen MR) is 23.7 cm³/mol. The number of hydrogen-bond donors (Lipinski definition) is 0. The molecule has 35 valence electrons. The smallest absolute Gasteiger partial charge is 0.179 e. The van der Waals surface area contributed by atoms with Crippen LogP contribution < -0.4 is 0 Å². The SMILES string of the molecule is Clc1[c]ncnn1. The van der Waals surface area contributed by atoms with Crippen molar-refractivity contribution in [3.8, 4) is 0 Å². The molecule has 4 heteroatoms. The Kier molecular flexibility index (Phi) is 1.17. The first-order valence-corrected chi connectivity index (χ1v) is 1.98. The highest BCUT2D eigenvalue weighted by atomic mass is 35.5. The summed E-state index contributed by atoms with van der Waals surface area (Å²) in [6.45, 7) is 0. The first kappa shape index (κ1) is 4.46. The van der Waals surface area contributed by atoms with E-state index in [0.29, 0.717) is 0 Å². The standard InChI is InChI=1S/C3HClN3/c4-3-1-5-2-6-7-3/h2H. The normalized spacial score (nSPS) is 8.71. The van der Waals surface area contributed by atoms with Gasteiger partial charge in [0.05, 0.1) is 0 Å². The van der Waals surface area contributed by atoms with Crippen molar-refractivity contribution >= 4 is 11.6 Å². The summed E-state index contributed by atoms with van der Waals surface area (Å²) in [5.74, 6) is 0. The maximum absolute atomic E-state index is 5.25. The highest BCUT2D eigenvalue weighted by Crippen LogP contribution is 1.92. The Morgan fingerprint density at radius 2 is 2.57 bits per heavy atom. The van der Waals surface area contributed by atoms with E-state index >= 15 is 0 Å². The molecule has 0 amide bonds. The Morgan fingerprint density at radius 3 is 2.86 bits per heavy atom. The summed E-state index contributed by atoms with van der Waals surface area (Å²) < 4.78 is 0. The fourth-order valence-corrected chi connectivity index (χ4v) is 0.299. The van der Waals surface area contributed by atoms with Gasteiger partial charge in [-0.05, 0) is 0 Å². The number of aromatic nitrogens is 3. The summed E-state index contributed by atoms with van der Waals surface area (Å²) in [6.07, 6.45) is 3.64. The number of hydrogen-bond acceptors (Lipinski definition) is 3. The third-order valence-corrected chi connectivity index (χ3v) is 0.572. The highest BCUT2D eigenvalue weighted by molar-refractivity contribution is 6.29. The Hall–Kier alpha value is -0.700. The predicted octanol–water partition coefficient (Wildman–Crippen LogP) is 0.325. The summed E-state index contributed by atoms with van der Waals surface area (Å²) >= 11 is 5.25. The lowest BCUT2D eigenvalue weighted by molar-refractivity contribution is 0.964. The van der Waals surface area contributed by atoms with Gasteiger partial charge in [0.1, 0.15) is 12.5 Å². The Balaban J connectivity index is 3.02. The molecule has 0 spiro atoms. The molecular weight excluding hydrogens is 114 g/mol. The Morgan fingerprint density at radius 1 is 1.71 bits per heavy atom. The van der Waals surface area contributed by atoms with Crippen LogP contribution in [0.5, 0.6) is 0 Å². The van der Waals surface area contributed by atoms with Gasteiger partial charge < -0.3 is 0 Å². The summed E-state index contributed by atoms with van der Waals surface area (Å²) in [7, 11) is 0. The second kappa shape index (κ2) is 1.84. The van der Waals surface area contributed by atoms with Crippen molar-refractivity contribution in [2.45, 2.75) is 0 Å². The highest BCUT2D eigenvalue weighted by Gasteiger charge is 1.81. The van der Waals surface area contributed by atoms with Gasteiger partial charge in [0, 0.05) is 0 Å². The summed E-state index contributed by atoms with van der Waals surface area (Å²) in [6, 6.07) is 0. The third kappa shape index (κ3) is 1.08. The van der Waals surface area contributed by atoms with Gasteiger partial charge in [0.15, 0.2) is 5.15 Å². The van der Waals surface area contributed by atoms with Gasteiger partial charge in [0.25, 0.3) is 0 Å². The number of nitrogens with zero attached hydrogens (tertiary/aromatic N) is 3. The molecule has 0 bridgehead atoms. The zero-order chi connectivity index (χ0) is 5.11. The first-order valence-electron chi connectivity index (χ1n) is 1.60. The van der Waals surface area contributed by atoms with E-state index in [4.69, 9.17) is 11.6 Å². The van der Waals surface area contributed by atoms with Crippen LogP contribution in [0.15, 0.2) is 6.33 Å². The zero-order valence-electron chi connectivity index (χ0n) is 3.30. The molecule has 1 aromatic rings. The molecule has 0 aliphatic carbocycles. The van der Waals surface area contributed by atoms with E-state index < -0.39 is 0 Å². The van der Waals surface area contributed by atoms with Crippen molar-refractivity contribution in [2.24, 2.45) is 0 Å². The molecule has 0 unspecified atom stereocenters. The van der Waals surface area contributed by atoms with Crippen LogP contribution >= 0.6 is 11.6 Å². The molecule has 0 aliphatic heterocycles. The lowest BCUT2D eigenvalue weighted by atomic mass is 10.9. The lowest BCUT2D eigenvalue weighted by Crippen LogP contribution is -1.80. The van der Waals surface area contributed by atoms with Crippen LogP contribution in [-0.2, 0) is 0 Å². The van der Waals surface area contributed by atoms with Gasteiger partial charge in [-0.25, -0.2) is 4.98 Å². The van der Waals surface area contributed by atoms with Gasteiger partial charge in [-0.15, -0.1) is 10.2 Å². The fraction of sp³-hybridized carbons (Fsp3) is 0. The minimum absolute atomic E-state index is 0.197. The fourth-order valence-electron chi connectivity index (χ4n) is 0.207. The van der Waals surface area contributed by atoms with Crippen LogP contribution in [0.25, 0.3) is 0 Å². The van der Waals surface area contributed by atoms with E-state index in [2.05, 4.69) is 21.4 Å². The summed E-state index contributed by atoms with van der Waals surface area (Å²) in [5, 5.41) is 6.93. The number of halogens is 1. The minimum Gasteiger partial charge on any atom is -0.229 e. The molecule has 7 heavy (non-hydrogen) atoms. The monoisotopic (exact) mass is 114 g/mol. The molecule has 3 nitrogen and oxygen atoms in total. The van der Waals surface area contributed by atoms with Gasteiger partial charge in [-0.3, -0.25) is 0 Å². The molecule has 0 aliphatic rings. The average Bonchev–Trinajstić information content (AvgIpc) is 1.69. The Bertz CT molecular complexity index is 140. The van der Waals surface area contributed by atoms with Crippen molar-refractivity contribution in [1.29, 1.82) is 0 Å². The molecule has 0 atom stereocenters. The van der Waals surface area contributed by atoms with E-state index in [9.17, 15) is 0 Å². The molecule has 1 aromatic heterocycles. The van der Waals surface area contributed by atoms with E-state index in [1.165, 1.54) is 6.33 Å². The molecule has 0 fully saturated rings. The van der Waals surface area contributed by atoms with Crippen LogP contribution in [0.4, 0.5) is 0 Å². The maximum Gasteiger partial charge on any atom is 0.179 e. The molecule has 0 saturated heterocycles. The van der Waals surface area contributed by atoms with Crippen LogP contribution in [-0.4, -0.2) is 15.2 Å². The van der Waals surface area contributed by atoms with Crippen molar-refractivity contribution < 1.29 is 0 Å². The molecule has 1 rings (SSSR count). The van der Waals surface area contributed by atoms with Crippen LogP contribution in [0.1, 0.15) is 0 Å². The summed E-state index contributed by atoms with van der Waals surface area (Å²) in [5.41, 5.74) is 0. The molecule has 1 radical (unpaired) electrons. The van der Waals surface area contributed by atoms with Crippen molar-refractivity contribution in [2.75, 3.05) is 0 Å². The average molecular weight is 115 g/mol. The second-order valence-corrected chi connectivity index (χ2v) is 1.22. The quantitative estimate of drug-likeness (QED) is 0.488. The van der Waals surface area contributed by atoms with Gasteiger partial charge >= 0.3 is 0 Å². The molecule has 1 heterocycles. The topological polar surface area (TPSA) is 38.7 Å².